The van der Waals surface area contributed by atoms with Gasteiger partial charge in [0.1, 0.15) is 0 Å². The fourth-order valence-electron chi connectivity index (χ4n) is 2.98. The molecule has 0 spiro atoms. The summed E-state index contributed by atoms with van der Waals surface area (Å²) in [6.07, 6.45) is 5.51. The third-order valence-corrected chi connectivity index (χ3v) is 4.13. The summed E-state index contributed by atoms with van der Waals surface area (Å²) in [6.45, 7) is 5.90. The van der Waals surface area contributed by atoms with Crippen LogP contribution in [0, 0.1) is 6.92 Å². The van der Waals surface area contributed by atoms with E-state index in [2.05, 4.69) is 43.4 Å². The van der Waals surface area contributed by atoms with Crippen molar-refractivity contribution < 1.29 is 4.79 Å². The topological polar surface area (TPSA) is 32.3 Å². The summed E-state index contributed by atoms with van der Waals surface area (Å²) in [4.78, 5) is 14.3. The maximum absolute atomic E-state index is 12.2. The van der Waals surface area contributed by atoms with Crippen LogP contribution >= 0.6 is 0 Å². The fourth-order valence-corrected chi connectivity index (χ4v) is 2.98. The molecule has 1 aromatic rings. The zero-order valence-electron chi connectivity index (χ0n) is 12.7. The van der Waals surface area contributed by atoms with Crippen molar-refractivity contribution in [3.8, 4) is 0 Å². The molecule has 3 heteroatoms. The SMILES string of the molecule is CCC1CCCCN1C(=O)NCCc1cccc(C)c1. The molecule has 20 heavy (non-hydrogen) atoms. The maximum Gasteiger partial charge on any atom is 0.317 e. The first kappa shape index (κ1) is 14.9. The highest BCUT2D eigenvalue weighted by atomic mass is 16.2. The quantitative estimate of drug-likeness (QED) is 0.895. The molecule has 110 valence electrons. The lowest BCUT2D eigenvalue weighted by atomic mass is 10.0. The monoisotopic (exact) mass is 274 g/mol. The third-order valence-electron chi connectivity index (χ3n) is 4.13. The number of carbonyl (C=O) groups is 1. The van der Waals surface area contributed by atoms with E-state index in [1.807, 2.05) is 4.90 Å². The van der Waals surface area contributed by atoms with Gasteiger partial charge in [0.2, 0.25) is 0 Å². The van der Waals surface area contributed by atoms with Crippen molar-refractivity contribution >= 4 is 6.03 Å². The Morgan fingerprint density at radius 3 is 3.00 bits per heavy atom. The van der Waals surface area contributed by atoms with E-state index in [-0.39, 0.29) is 6.03 Å². The van der Waals surface area contributed by atoms with Gasteiger partial charge >= 0.3 is 6.03 Å². The Balaban J connectivity index is 1.79. The summed E-state index contributed by atoms with van der Waals surface area (Å²) in [6, 6.07) is 9.02. The molecule has 0 aromatic heterocycles. The molecule has 1 atom stereocenters. The Kier molecular flexibility index (Phi) is 5.45. The summed E-state index contributed by atoms with van der Waals surface area (Å²) < 4.78 is 0. The highest BCUT2D eigenvalue weighted by Gasteiger charge is 2.24. The molecular weight excluding hydrogens is 248 g/mol. The molecule has 1 aliphatic rings. The van der Waals surface area contributed by atoms with Crippen molar-refractivity contribution in [3.63, 3.8) is 0 Å². The summed E-state index contributed by atoms with van der Waals surface area (Å²) in [5.41, 5.74) is 2.56. The number of nitrogens with zero attached hydrogens (tertiary/aromatic N) is 1. The molecule has 0 saturated carbocycles. The van der Waals surface area contributed by atoms with Gasteiger partial charge < -0.3 is 10.2 Å². The van der Waals surface area contributed by atoms with Crippen molar-refractivity contribution in [2.45, 2.75) is 52.0 Å². The molecule has 0 aliphatic carbocycles. The van der Waals surface area contributed by atoms with Crippen molar-refractivity contribution in [2.75, 3.05) is 13.1 Å². The molecule has 1 aliphatic heterocycles. The number of aryl methyl sites for hydroxylation is 1. The number of nitrogens with one attached hydrogen (secondary N) is 1. The van der Waals surface area contributed by atoms with E-state index in [4.69, 9.17) is 0 Å². The highest BCUT2D eigenvalue weighted by molar-refractivity contribution is 5.74. The van der Waals surface area contributed by atoms with E-state index in [1.165, 1.54) is 17.5 Å². The minimum Gasteiger partial charge on any atom is -0.338 e. The smallest absolute Gasteiger partial charge is 0.317 e. The van der Waals surface area contributed by atoms with Crippen LogP contribution in [0.4, 0.5) is 4.79 Å². The molecule has 2 rings (SSSR count). The van der Waals surface area contributed by atoms with Gasteiger partial charge in [0, 0.05) is 19.1 Å². The van der Waals surface area contributed by atoms with Gasteiger partial charge in [-0.1, -0.05) is 36.8 Å². The molecule has 1 heterocycles. The van der Waals surface area contributed by atoms with Crippen LogP contribution < -0.4 is 5.32 Å². The second-order valence-electron chi connectivity index (χ2n) is 5.72. The summed E-state index contributed by atoms with van der Waals surface area (Å²) >= 11 is 0. The molecule has 1 N–H and O–H groups in total. The van der Waals surface area contributed by atoms with E-state index in [0.29, 0.717) is 6.04 Å². The maximum atomic E-state index is 12.2. The van der Waals surface area contributed by atoms with E-state index in [9.17, 15) is 4.79 Å². The number of rotatable bonds is 4. The van der Waals surface area contributed by atoms with Gasteiger partial charge in [-0.3, -0.25) is 0 Å². The molecule has 1 fully saturated rings. The van der Waals surface area contributed by atoms with E-state index < -0.39 is 0 Å². The Morgan fingerprint density at radius 2 is 2.25 bits per heavy atom. The third kappa shape index (κ3) is 3.99. The van der Waals surface area contributed by atoms with Gasteiger partial charge in [-0.05, 0) is 44.6 Å². The first-order chi connectivity index (χ1) is 9.70. The average molecular weight is 274 g/mol. The lowest BCUT2D eigenvalue weighted by Gasteiger charge is -2.35. The molecule has 3 nitrogen and oxygen atoms in total. The second kappa shape index (κ2) is 7.32. The van der Waals surface area contributed by atoms with Crippen LogP contribution in [0.25, 0.3) is 0 Å². The Hall–Kier alpha value is -1.51. The van der Waals surface area contributed by atoms with Gasteiger partial charge in [0.15, 0.2) is 0 Å². The molecule has 1 unspecified atom stereocenters. The van der Waals surface area contributed by atoms with Gasteiger partial charge in [-0.15, -0.1) is 0 Å². The summed E-state index contributed by atoms with van der Waals surface area (Å²) in [5, 5.41) is 3.07. The predicted octanol–water partition coefficient (Wildman–Crippen LogP) is 3.51. The predicted molar refractivity (Wildman–Crippen MR) is 82.9 cm³/mol. The lowest BCUT2D eigenvalue weighted by Crippen LogP contribution is -2.48. The normalized spacial score (nSPS) is 18.9. The number of benzene rings is 1. The Labute approximate surface area is 122 Å². The number of amides is 2. The largest absolute Gasteiger partial charge is 0.338 e. The Bertz CT molecular complexity index is 444. The molecule has 0 bridgehead atoms. The molecule has 2 amide bonds. The van der Waals surface area contributed by atoms with Crippen LogP contribution in [-0.4, -0.2) is 30.1 Å². The average Bonchev–Trinajstić information content (AvgIpc) is 2.47. The highest BCUT2D eigenvalue weighted by Crippen LogP contribution is 2.19. The molecule has 1 aromatic carbocycles. The number of piperidine rings is 1. The van der Waals surface area contributed by atoms with Crippen LogP contribution in [-0.2, 0) is 6.42 Å². The van der Waals surface area contributed by atoms with Gasteiger partial charge in [-0.2, -0.15) is 0 Å². The van der Waals surface area contributed by atoms with Gasteiger partial charge in [0.25, 0.3) is 0 Å². The molecular formula is C17H26N2O. The second-order valence-corrected chi connectivity index (χ2v) is 5.72. The molecule has 1 saturated heterocycles. The lowest BCUT2D eigenvalue weighted by molar-refractivity contribution is 0.149. The van der Waals surface area contributed by atoms with Crippen molar-refractivity contribution in [1.29, 1.82) is 0 Å². The molecule has 0 radical (unpaired) electrons. The minimum absolute atomic E-state index is 0.115. The van der Waals surface area contributed by atoms with Crippen LogP contribution in [0.3, 0.4) is 0 Å². The first-order valence-electron chi connectivity index (χ1n) is 7.80. The van der Waals surface area contributed by atoms with Crippen molar-refractivity contribution in [3.05, 3.63) is 35.4 Å². The van der Waals surface area contributed by atoms with Gasteiger partial charge in [0.05, 0.1) is 0 Å². The van der Waals surface area contributed by atoms with E-state index in [0.717, 1.165) is 38.8 Å². The van der Waals surface area contributed by atoms with E-state index in [1.54, 1.807) is 0 Å². The summed E-state index contributed by atoms with van der Waals surface area (Å²) in [5.74, 6) is 0. The van der Waals surface area contributed by atoms with Crippen LogP contribution in [0.15, 0.2) is 24.3 Å². The van der Waals surface area contributed by atoms with Crippen LogP contribution in [0.1, 0.15) is 43.7 Å². The number of carbonyl (C=O) groups excluding carboxylic acids is 1. The van der Waals surface area contributed by atoms with Crippen LogP contribution in [0.5, 0.6) is 0 Å². The zero-order chi connectivity index (χ0) is 14.4. The minimum atomic E-state index is 0.115. The van der Waals surface area contributed by atoms with Gasteiger partial charge in [-0.25, -0.2) is 4.79 Å². The van der Waals surface area contributed by atoms with E-state index >= 15 is 0 Å². The standard InChI is InChI=1S/C17H26N2O/c1-3-16-9-4-5-12-19(16)17(20)18-11-10-15-8-6-7-14(2)13-15/h6-8,13,16H,3-5,9-12H2,1-2H3,(H,18,20). The van der Waals surface area contributed by atoms with Crippen LogP contribution in [0.2, 0.25) is 0 Å². The zero-order valence-corrected chi connectivity index (χ0v) is 12.7. The van der Waals surface area contributed by atoms with Crippen molar-refractivity contribution in [2.24, 2.45) is 0 Å². The number of likely N-dealkylation sites (tertiary alicyclic amines) is 1. The number of hydrogen-bond acceptors (Lipinski definition) is 1. The summed E-state index contributed by atoms with van der Waals surface area (Å²) in [7, 11) is 0. The Morgan fingerprint density at radius 1 is 1.40 bits per heavy atom. The number of hydrogen-bond donors (Lipinski definition) is 1. The fraction of sp³-hybridized carbons (Fsp3) is 0.588. The first-order valence-corrected chi connectivity index (χ1v) is 7.80. The number of urea groups is 1. The van der Waals surface area contributed by atoms with Crippen molar-refractivity contribution in [1.82, 2.24) is 10.2 Å².